The van der Waals surface area contributed by atoms with Gasteiger partial charge in [0.25, 0.3) is 0 Å². The van der Waals surface area contributed by atoms with E-state index in [9.17, 15) is 9.50 Å². The predicted molar refractivity (Wildman–Crippen MR) is 66.8 cm³/mol. The molecule has 0 fully saturated rings. The van der Waals surface area contributed by atoms with Gasteiger partial charge < -0.3 is 10.4 Å². The highest BCUT2D eigenvalue weighted by Crippen LogP contribution is 2.21. The molecule has 0 amide bonds. The van der Waals surface area contributed by atoms with Gasteiger partial charge in [-0.1, -0.05) is 15.9 Å². The lowest BCUT2D eigenvalue weighted by atomic mass is 10.1. The number of halogens is 2. The van der Waals surface area contributed by atoms with Crippen molar-refractivity contribution in [3.05, 3.63) is 34.1 Å². The Morgan fingerprint density at radius 1 is 1.50 bits per heavy atom. The van der Waals surface area contributed by atoms with E-state index in [1.165, 1.54) is 6.07 Å². The number of rotatable bonds is 4. The molecule has 0 radical (unpaired) electrons. The van der Waals surface area contributed by atoms with Gasteiger partial charge in [-0.15, -0.1) is 0 Å². The molecule has 0 saturated heterocycles. The molecule has 0 spiro atoms. The average Bonchev–Trinajstić information content (AvgIpc) is 2.17. The highest BCUT2D eigenvalue weighted by Gasteiger charge is 2.16. The van der Waals surface area contributed by atoms with E-state index in [0.29, 0.717) is 12.1 Å². The first kappa shape index (κ1) is 13.6. The summed E-state index contributed by atoms with van der Waals surface area (Å²) in [7, 11) is 0. The van der Waals surface area contributed by atoms with Crippen LogP contribution in [-0.4, -0.2) is 17.3 Å². The van der Waals surface area contributed by atoms with Gasteiger partial charge in [0.1, 0.15) is 5.82 Å². The lowest BCUT2D eigenvalue weighted by molar-refractivity contribution is 0.0769. The van der Waals surface area contributed by atoms with Gasteiger partial charge in [-0.25, -0.2) is 4.39 Å². The Balaban J connectivity index is 2.73. The Kier molecular flexibility index (Phi) is 4.47. The van der Waals surface area contributed by atoms with Gasteiger partial charge in [-0.05, 0) is 39.0 Å². The third-order valence-corrected chi connectivity index (χ3v) is 2.76. The molecule has 0 heterocycles. The van der Waals surface area contributed by atoms with Crippen molar-refractivity contribution < 1.29 is 9.50 Å². The van der Waals surface area contributed by atoms with Gasteiger partial charge >= 0.3 is 0 Å². The zero-order valence-electron chi connectivity index (χ0n) is 9.72. The van der Waals surface area contributed by atoms with E-state index in [-0.39, 0.29) is 11.9 Å². The fourth-order valence-electron chi connectivity index (χ4n) is 1.36. The molecule has 0 saturated carbocycles. The van der Waals surface area contributed by atoms with Crippen LogP contribution in [0.5, 0.6) is 0 Å². The molecule has 0 aliphatic heterocycles. The van der Waals surface area contributed by atoms with Crippen molar-refractivity contribution in [2.45, 2.75) is 32.4 Å². The third-order valence-electron chi connectivity index (χ3n) is 2.27. The number of hydrogen-bond acceptors (Lipinski definition) is 2. The van der Waals surface area contributed by atoms with Gasteiger partial charge in [-0.2, -0.15) is 0 Å². The second kappa shape index (κ2) is 5.25. The summed E-state index contributed by atoms with van der Waals surface area (Å²) in [4.78, 5) is 0. The fourth-order valence-corrected chi connectivity index (χ4v) is 1.74. The molecule has 2 nitrogen and oxygen atoms in total. The summed E-state index contributed by atoms with van der Waals surface area (Å²) in [5.41, 5.74) is -0.199. The first-order chi connectivity index (χ1) is 7.29. The van der Waals surface area contributed by atoms with Crippen LogP contribution >= 0.6 is 15.9 Å². The Bertz CT molecular complexity index is 363. The standard InChI is InChI=1S/C12H17BrFNO/c1-8(15-7-12(2,3)16)10-6-9(13)4-5-11(10)14/h4-6,8,15-16H,7H2,1-3H3. The van der Waals surface area contributed by atoms with Crippen molar-refractivity contribution in [1.82, 2.24) is 5.32 Å². The Morgan fingerprint density at radius 3 is 2.69 bits per heavy atom. The van der Waals surface area contributed by atoms with Crippen LogP contribution in [0.2, 0.25) is 0 Å². The van der Waals surface area contributed by atoms with Crippen LogP contribution in [-0.2, 0) is 0 Å². The zero-order valence-corrected chi connectivity index (χ0v) is 11.3. The topological polar surface area (TPSA) is 32.3 Å². The fraction of sp³-hybridized carbons (Fsp3) is 0.500. The Labute approximate surface area is 104 Å². The van der Waals surface area contributed by atoms with Gasteiger partial charge in [-0.3, -0.25) is 0 Å². The molecule has 1 aromatic carbocycles. The van der Waals surface area contributed by atoms with Crippen molar-refractivity contribution in [3.8, 4) is 0 Å². The molecule has 0 aliphatic carbocycles. The largest absolute Gasteiger partial charge is 0.389 e. The minimum atomic E-state index is -0.795. The van der Waals surface area contributed by atoms with E-state index >= 15 is 0 Å². The predicted octanol–water partition coefficient (Wildman–Crippen LogP) is 3.01. The summed E-state index contributed by atoms with van der Waals surface area (Å²) in [6.07, 6.45) is 0. The van der Waals surface area contributed by atoms with Crippen LogP contribution in [0.3, 0.4) is 0 Å². The van der Waals surface area contributed by atoms with Crippen LogP contribution in [0, 0.1) is 5.82 Å². The molecule has 0 aromatic heterocycles. The zero-order chi connectivity index (χ0) is 12.3. The maximum atomic E-state index is 13.5. The lowest BCUT2D eigenvalue weighted by Gasteiger charge is -2.22. The van der Waals surface area contributed by atoms with E-state index in [2.05, 4.69) is 21.2 Å². The van der Waals surface area contributed by atoms with Crippen molar-refractivity contribution in [2.24, 2.45) is 0 Å². The van der Waals surface area contributed by atoms with Crippen molar-refractivity contribution in [1.29, 1.82) is 0 Å². The van der Waals surface area contributed by atoms with E-state index in [4.69, 9.17) is 0 Å². The molecule has 0 bridgehead atoms. The smallest absolute Gasteiger partial charge is 0.128 e. The summed E-state index contributed by atoms with van der Waals surface area (Å²) in [6.45, 7) is 5.71. The van der Waals surface area contributed by atoms with Crippen molar-refractivity contribution >= 4 is 15.9 Å². The lowest BCUT2D eigenvalue weighted by Crippen LogP contribution is -2.36. The van der Waals surface area contributed by atoms with Gasteiger partial charge in [0, 0.05) is 22.6 Å². The number of aliphatic hydroxyl groups is 1. The summed E-state index contributed by atoms with van der Waals surface area (Å²) in [6, 6.07) is 4.71. The van der Waals surface area contributed by atoms with Crippen LogP contribution < -0.4 is 5.32 Å². The highest BCUT2D eigenvalue weighted by molar-refractivity contribution is 9.10. The molecule has 1 atom stereocenters. The van der Waals surface area contributed by atoms with Crippen LogP contribution in [0.1, 0.15) is 32.4 Å². The minimum Gasteiger partial charge on any atom is -0.389 e. The van der Waals surface area contributed by atoms with E-state index in [0.717, 1.165) is 4.47 Å². The summed E-state index contributed by atoms with van der Waals surface area (Å²) >= 11 is 3.31. The Morgan fingerprint density at radius 2 is 2.12 bits per heavy atom. The highest BCUT2D eigenvalue weighted by atomic mass is 79.9. The summed E-state index contributed by atoms with van der Waals surface area (Å²) < 4.78 is 14.4. The Hall–Kier alpha value is -0.450. The van der Waals surface area contributed by atoms with E-state index in [1.54, 1.807) is 26.0 Å². The summed E-state index contributed by atoms with van der Waals surface area (Å²) in [5, 5.41) is 12.7. The minimum absolute atomic E-state index is 0.135. The molecule has 4 heteroatoms. The first-order valence-corrected chi connectivity index (χ1v) is 5.99. The van der Waals surface area contributed by atoms with Gasteiger partial charge in [0.2, 0.25) is 0 Å². The number of benzene rings is 1. The van der Waals surface area contributed by atoms with E-state index in [1.807, 2.05) is 6.92 Å². The molecule has 0 aliphatic rings. The first-order valence-electron chi connectivity index (χ1n) is 5.20. The van der Waals surface area contributed by atoms with Crippen molar-refractivity contribution in [3.63, 3.8) is 0 Å². The number of hydrogen-bond donors (Lipinski definition) is 2. The van der Waals surface area contributed by atoms with Gasteiger partial charge in [0.15, 0.2) is 0 Å². The molecule has 2 N–H and O–H groups in total. The second-order valence-corrected chi connectivity index (χ2v) is 5.50. The molecule has 16 heavy (non-hydrogen) atoms. The third kappa shape index (κ3) is 4.20. The molecule has 1 rings (SSSR count). The molecule has 1 aromatic rings. The molecule has 90 valence electrons. The van der Waals surface area contributed by atoms with Gasteiger partial charge in [0.05, 0.1) is 5.60 Å². The average molecular weight is 290 g/mol. The quantitative estimate of drug-likeness (QED) is 0.893. The normalized spacial score (nSPS) is 13.9. The summed E-state index contributed by atoms with van der Waals surface area (Å²) in [5.74, 6) is -0.237. The van der Waals surface area contributed by atoms with Crippen LogP contribution in [0.15, 0.2) is 22.7 Å². The molecular weight excluding hydrogens is 273 g/mol. The van der Waals surface area contributed by atoms with Crippen LogP contribution in [0.25, 0.3) is 0 Å². The maximum Gasteiger partial charge on any atom is 0.128 e. The monoisotopic (exact) mass is 289 g/mol. The second-order valence-electron chi connectivity index (χ2n) is 4.58. The maximum absolute atomic E-state index is 13.5. The van der Waals surface area contributed by atoms with Crippen LogP contribution in [0.4, 0.5) is 4.39 Å². The van der Waals surface area contributed by atoms with Crippen molar-refractivity contribution in [2.75, 3.05) is 6.54 Å². The van der Waals surface area contributed by atoms with E-state index < -0.39 is 5.60 Å². The molecular formula is C12H17BrFNO. The molecule has 1 unspecified atom stereocenters. The SMILES string of the molecule is CC(NCC(C)(C)O)c1cc(Br)ccc1F. The number of nitrogens with one attached hydrogen (secondary N) is 1.